The Morgan fingerprint density at radius 2 is 1.74 bits per heavy atom. The van der Waals surface area contributed by atoms with E-state index in [2.05, 4.69) is 6.58 Å². The first-order chi connectivity index (χ1) is 15.8. The number of ether oxygens (including phenoxy) is 1. The maximum Gasteiger partial charge on any atom is 0.422 e. The minimum atomic E-state index is -4.99. The van der Waals surface area contributed by atoms with Crippen LogP contribution in [0.25, 0.3) is 0 Å². The molecule has 0 amide bonds. The van der Waals surface area contributed by atoms with Gasteiger partial charge in [-0.15, -0.1) is 0 Å². The first kappa shape index (κ1) is 24.6. The van der Waals surface area contributed by atoms with E-state index in [-0.39, 0.29) is 0 Å². The van der Waals surface area contributed by atoms with Crippen molar-refractivity contribution in [1.82, 2.24) is 0 Å². The Kier molecular flexibility index (Phi) is 6.26. The molecule has 0 aliphatic heterocycles. The summed E-state index contributed by atoms with van der Waals surface area (Å²) >= 11 is 0. The van der Waals surface area contributed by atoms with E-state index in [0.717, 1.165) is 37.5 Å². The van der Waals surface area contributed by atoms with Crippen molar-refractivity contribution in [3.05, 3.63) is 46.5 Å². The first-order valence-corrected chi connectivity index (χ1v) is 12.3. The molecule has 1 aromatic carbocycles. The van der Waals surface area contributed by atoms with Crippen LogP contribution in [-0.2, 0) is 23.8 Å². The Bertz CT molecular complexity index is 1080. The SMILES string of the molecule is C=C(C(=O)OC(COS(=O)(=O)c1cccc([N+](=O)[O-])c1)C12CC3CC(CC(C3)C1)C2)C(F)(F)F. The number of carbonyl (C=O) groups excluding carboxylic acids is 1. The third-order valence-corrected chi connectivity index (χ3v) is 8.58. The molecule has 4 bridgehead atoms. The van der Waals surface area contributed by atoms with Crippen molar-refractivity contribution >= 4 is 21.8 Å². The summed E-state index contributed by atoms with van der Waals surface area (Å²) in [6, 6.07) is 4.23. The van der Waals surface area contributed by atoms with Crippen LogP contribution in [0.1, 0.15) is 38.5 Å². The molecule has 8 nitrogen and oxygen atoms in total. The molecule has 12 heteroatoms. The van der Waals surface area contributed by atoms with Gasteiger partial charge in [-0.05, 0) is 62.3 Å². The maximum atomic E-state index is 13.0. The number of nitrogens with zero attached hydrogens (tertiary/aromatic N) is 1. The van der Waals surface area contributed by atoms with Crippen LogP contribution in [0, 0.1) is 33.3 Å². The Morgan fingerprint density at radius 1 is 1.18 bits per heavy atom. The van der Waals surface area contributed by atoms with Crippen LogP contribution >= 0.6 is 0 Å². The fourth-order valence-electron chi connectivity index (χ4n) is 6.20. The van der Waals surface area contributed by atoms with Gasteiger partial charge in [0.25, 0.3) is 15.8 Å². The normalized spacial score (nSPS) is 29.0. The largest absolute Gasteiger partial charge is 0.456 e. The number of nitro groups is 1. The highest BCUT2D eigenvalue weighted by molar-refractivity contribution is 7.86. The van der Waals surface area contributed by atoms with Gasteiger partial charge in [0, 0.05) is 17.5 Å². The molecule has 4 saturated carbocycles. The molecule has 0 heterocycles. The third kappa shape index (κ3) is 4.83. The van der Waals surface area contributed by atoms with Crippen molar-refractivity contribution in [3.63, 3.8) is 0 Å². The molecule has 0 aromatic heterocycles. The van der Waals surface area contributed by atoms with Crippen molar-refractivity contribution in [3.8, 4) is 0 Å². The number of hydrogen-bond donors (Lipinski definition) is 0. The van der Waals surface area contributed by atoms with E-state index in [9.17, 15) is 36.5 Å². The molecule has 0 saturated heterocycles. The summed E-state index contributed by atoms with van der Waals surface area (Å²) in [4.78, 5) is 22.0. The van der Waals surface area contributed by atoms with Crippen molar-refractivity contribution in [2.75, 3.05) is 6.61 Å². The molecular formula is C22H24F3NO7S. The lowest BCUT2D eigenvalue weighted by molar-refractivity contribution is -0.385. The Hall–Kier alpha value is -2.47. The molecular weight excluding hydrogens is 479 g/mol. The molecule has 1 aromatic rings. The number of alkyl halides is 3. The number of carbonyl (C=O) groups is 1. The van der Waals surface area contributed by atoms with Gasteiger partial charge < -0.3 is 4.74 Å². The number of rotatable bonds is 8. The fourth-order valence-corrected chi connectivity index (χ4v) is 7.14. The minimum Gasteiger partial charge on any atom is -0.456 e. The van der Waals surface area contributed by atoms with Gasteiger partial charge in [0.1, 0.15) is 23.2 Å². The molecule has 0 radical (unpaired) electrons. The first-order valence-electron chi connectivity index (χ1n) is 10.9. The van der Waals surface area contributed by atoms with Gasteiger partial charge in [0.05, 0.1) is 4.92 Å². The fraction of sp³-hybridized carbons (Fsp3) is 0.591. The molecule has 4 aliphatic rings. The van der Waals surface area contributed by atoms with E-state index < -0.39 is 61.5 Å². The zero-order valence-corrected chi connectivity index (χ0v) is 18.9. The van der Waals surface area contributed by atoms with E-state index in [1.165, 1.54) is 6.07 Å². The number of benzene rings is 1. The second-order valence-electron chi connectivity index (χ2n) is 9.64. The second-order valence-corrected chi connectivity index (χ2v) is 11.3. The standard InChI is InChI=1S/C22H24F3NO7S/c1-13(22(23,24)25)20(27)33-19(21-9-14-5-15(10-21)7-16(6-14)11-21)12-32-34(30,31)18-4-2-3-17(8-18)26(28)29/h2-4,8,14-16,19H,1,5-7,9-12H2. The Labute approximate surface area is 194 Å². The predicted octanol–water partition coefficient (Wildman–Crippen LogP) is 4.55. The quantitative estimate of drug-likeness (QED) is 0.168. The van der Waals surface area contributed by atoms with E-state index in [1.807, 2.05) is 0 Å². The van der Waals surface area contributed by atoms with Crippen molar-refractivity contribution in [1.29, 1.82) is 0 Å². The minimum absolute atomic E-state index is 0.339. The van der Waals surface area contributed by atoms with Crippen LogP contribution in [-0.4, -0.2) is 38.2 Å². The second kappa shape index (κ2) is 8.63. The summed E-state index contributed by atoms with van der Waals surface area (Å²) in [6.07, 6.45) is -1.40. The number of nitro benzene ring substituents is 1. The molecule has 0 spiro atoms. The van der Waals surface area contributed by atoms with Crippen molar-refractivity contribution in [2.24, 2.45) is 23.2 Å². The number of halogens is 3. The van der Waals surface area contributed by atoms with Gasteiger partial charge in [-0.2, -0.15) is 21.6 Å². The van der Waals surface area contributed by atoms with Gasteiger partial charge in [0.2, 0.25) is 0 Å². The predicted molar refractivity (Wildman–Crippen MR) is 112 cm³/mol. The lowest BCUT2D eigenvalue weighted by Gasteiger charge is -2.58. The molecule has 186 valence electrons. The molecule has 4 fully saturated rings. The van der Waals surface area contributed by atoms with Crippen molar-refractivity contribution in [2.45, 2.75) is 55.7 Å². The summed E-state index contributed by atoms with van der Waals surface area (Å²) in [5.41, 5.74) is -2.83. The zero-order chi connectivity index (χ0) is 24.9. The van der Waals surface area contributed by atoms with E-state index in [1.54, 1.807) is 0 Å². The number of hydrogen-bond acceptors (Lipinski definition) is 7. The molecule has 34 heavy (non-hydrogen) atoms. The van der Waals surface area contributed by atoms with Gasteiger partial charge in [-0.1, -0.05) is 12.6 Å². The van der Waals surface area contributed by atoms with Crippen LogP contribution in [0.4, 0.5) is 18.9 Å². The molecule has 0 N–H and O–H groups in total. The van der Waals surface area contributed by atoms with Gasteiger partial charge in [-0.25, -0.2) is 4.79 Å². The topological polar surface area (TPSA) is 113 Å². The van der Waals surface area contributed by atoms with Gasteiger partial charge in [0.15, 0.2) is 0 Å². The monoisotopic (exact) mass is 503 g/mol. The van der Waals surface area contributed by atoms with Crippen LogP contribution in [0.5, 0.6) is 0 Å². The van der Waals surface area contributed by atoms with Crippen LogP contribution < -0.4 is 0 Å². The summed E-state index contributed by atoms with van der Waals surface area (Å²) in [6.45, 7) is 2.10. The summed E-state index contributed by atoms with van der Waals surface area (Å²) in [7, 11) is -4.51. The number of esters is 1. The average Bonchev–Trinajstić information content (AvgIpc) is 2.74. The Morgan fingerprint density at radius 3 is 2.24 bits per heavy atom. The average molecular weight is 503 g/mol. The summed E-state index contributed by atoms with van der Waals surface area (Å²) in [5.74, 6) is -0.644. The Balaban J connectivity index is 1.59. The maximum absolute atomic E-state index is 13.0. The van der Waals surface area contributed by atoms with Crippen molar-refractivity contribution < 1.29 is 40.2 Å². The molecule has 5 rings (SSSR count). The lowest BCUT2D eigenvalue weighted by atomic mass is 9.48. The van der Waals surface area contributed by atoms with Crippen LogP contribution in [0.15, 0.2) is 41.3 Å². The van der Waals surface area contributed by atoms with Crippen LogP contribution in [0.2, 0.25) is 0 Å². The molecule has 1 atom stereocenters. The molecule has 1 unspecified atom stereocenters. The smallest absolute Gasteiger partial charge is 0.422 e. The number of non-ortho nitro benzene ring substituents is 1. The van der Waals surface area contributed by atoms with Gasteiger partial charge >= 0.3 is 12.1 Å². The summed E-state index contributed by atoms with van der Waals surface area (Å²) in [5, 5.41) is 11.0. The highest BCUT2D eigenvalue weighted by atomic mass is 32.2. The zero-order valence-electron chi connectivity index (χ0n) is 18.1. The van der Waals surface area contributed by atoms with Gasteiger partial charge in [-0.3, -0.25) is 14.3 Å². The third-order valence-electron chi connectivity index (χ3n) is 7.30. The van der Waals surface area contributed by atoms with E-state index >= 15 is 0 Å². The lowest BCUT2D eigenvalue weighted by Crippen LogP contribution is -2.54. The molecule has 4 aliphatic carbocycles. The highest BCUT2D eigenvalue weighted by Gasteiger charge is 2.56. The van der Waals surface area contributed by atoms with Crippen LogP contribution in [0.3, 0.4) is 0 Å². The van der Waals surface area contributed by atoms with E-state index in [0.29, 0.717) is 37.0 Å². The highest BCUT2D eigenvalue weighted by Crippen LogP contribution is 2.62. The van der Waals surface area contributed by atoms with E-state index in [4.69, 9.17) is 8.92 Å². The summed E-state index contributed by atoms with van der Waals surface area (Å²) < 4.78 is 74.9.